The molecular weight excluding hydrogens is 309 g/mol. The number of ether oxygens (including phenoxy) is 2. The monoisotopic (exact) mass is 329 g/mol. The van der Waals surface area contributed by atoms with E-state index in [-0.39, 0.29) is 11.7 Å². The van der Waals surface area contributed by atoms with Gasteiger partial charge in [0.25, 0.3) is 5.91 Å². The molecule has 0 saturated heterocycles. The van der Waals surface area contributed by atoms with Crippen molar-refractivity contribution in [1.29, 1.82) is 0 Å². The molecule has 5 heteroatoms. The Hall–Kier alpha value is -2.40. The first-order valence-corrected chi connectivity index (χ1v) is 7.99. The third-order valence-corrected chi connectivity index (χ3v) is 4.27. The lowest BCUT2D eigenvalue weighted by atomic mass is 9.82. The van der Waals surface area contributed by atoms with Gasteiger partial charge >= 0.3 is 0 Å². The predicted octanol–water partition coefficient (Wildman–Crippen LogP) is 3.77. The maximum absolute atomic E-state index is 13.7. The van der Waals surface area contributed by atoms with Gasteiger partial charge in [-0.3, -0.25) is 4.79 Å². The first kappa shape index (κ1) is 16.5. The first-order chi connectivity index (χ1) is 11.7. The smallest absolute Gasteiger partial charge is 0.255 e. The van der Waals surface area contributed by atoms with E-state index in [0.717, 1.165) is 12.8 Å². The van der Waals surface area contributed by atoms with Crippen LogP contribution in [0.3, 0.4) is 0 Å². The minimum absolute atomic E-state index is 0.0969. The van der Waals surface area contributed by atoms with Crippen molar-refractivity contribution in [3.63, 3.8) is 0 Å². The number of hydrogen-bond acceptors (Lipinski definition) is 3. The molecule has 1 fully saturated rings. The quantitative estimate of drug-likeness (QED) is 0.877. The van der Waals surface area contributed by atoms with Crippen molar-refractivity contribution in [3.05, 3.63) is 59.9 Å². The van der Waals surface area contributed by atoms with Crippen LogP contribution >= 0.6 is 0 Å². The molecule has 0 aliphatic heterocycles. The van der Waals surface area contributed by atoms with Crippen molar-refractivity contribution >= 4 is 5.91 Å². The second-order valence-electron chi connectivity index (χ2n) is 5.93. The van der Waals surface area contributed by atoms with Crippen LogP contribution in [0, 0.1) is 11.7 Å². The average molecular weight is 329 g/mol. The number of para-hydroxylation sites is 2. The molecule has 3 rings (SSSR count). The summed E-state index contributed by atoms with van der Waals surface area (Å²) in [5.41, 5.74) is 0.392. The van der Waals surface area contributed by atoms with Crippen molar-refractivity contribution in [3.8, 4) is 11.5 Å². The standard InChI is InChI=1S/C19H20FNO3/c1-23-14-10-13(11-14)12-21-19(22)15-6-2-4-8-17(15)24-18-9-5-3-7-16(18)20/h2-9,13-14H,10-12H2,1H3,(H,21,22). The number of halogens is 1. The van der Waals surface area contributed by atoms with Crippen molar-refractivity contribution in [1.82, 2.24) is 5.32 Å². The molecule has 1 aliphatic carbocycles. The van der Waals surface area contributed by atoms with Crippen molar-refractivity contribution in [2.24, 2.45) is 5.92 Å². The zero-order valence-electron chi connectivity index (χ0n) is 13.5. The molecule has 1 N–H and O–H groups in total. The summed E-state index contributed by atoms with van der Waals surface area (Å²) in [7, 11) is 1.70. The Morgan fingerprint density at radius 1 is 1.12 bits per heavy atom. The second-order valence-corrected chi connectivity index (χ2v) is 5.93. The van der Waals surface area contributed by atoms with Gasteiger partial charge in [-0.15, -0.1) is 0 Å². The third kappa shape index (κ3) is 3.74. The molecule has 24 heavy (non-hydrogen) atoms. The van der Waals surface area contributed by atoms with Crippen molar-refractivity contribution in [2.45, 2.75) is 18.9 Å². The normalized spacial score (nSPS) is 19.4. The molecule has 4 nitrogen and oxygen atoms in total. The van der Waals surface area contributed by atoms with Gasteiger partial charge < -0.3 is 14.8 Å². The number of carbonyl (C=O) groups is 1. The lowest BCUT2D eigenvalue weighted by molar-refractivity contribution is 0.00178. The number of methoxy groups -OCH3 is 1. The molecule has 1 saturated carbocycles. The largest absolute Gasteiger partial charge is 0.453 e. The van der Waals surface area contributed by atoms with Gasteiger partial charge in [0.2, 0.25) is 0 Å². The van der Waals surface area contributed by atoms with Gasteiger partial charge in [0.05, 0.1) is 11.7 Å². The first-order valence-electron chi connectivity index (χ1n) is 7.99. The zero-order chi connectivity index (χ0) is 16.9. The number of nitrogens with one attached hydrogen (secondary N) is 1. The summed E-state index contributed by atoms with van der Waals surface area (Å²) in [6, 6.07) is 13.0. The Morgan fingerprint density at radius 2 is 1.79 bits per heavy atom. The SMILES string of the molecule is COC1CC(CNC(=O)c2ccccc2Oc2ccccc2F)C1. The molecule has 0 aromatic heterocycles. The van der Waals surface area contributed by atoms with Gasteiger partial charge in [-0.2, -0.15) is 0 Å². The molecule has 0 spiro atoms. The van der Waals surface area contributed by atoms with Crippen molar-refractivity contribution < 1.29 is 18.7 Å². The summed E-state index contributed by atoms with van der Waals surface area (Å²) >= 11 is 0. The maximum Gasteiger partial charge on any atom is 0.255 e. The second kappa shape index (κ2) is 7.45. The number of carbonyl (C=O) groups excluding carboxylic acids is 1. The van der Waals surface area contributed by atoms with E-state index in [0.29, 0.717) is 29.9 Å². The highest BCUT2D eigenvalue weighted by atomic mass is 19.1. The number of rotatable bonds is 6. The Bertz CT molecular complexity index is 713. The maximum atomic E-state index is 13.7. The van der Waals surface area contributed by atoms with E-state index < -0.39 is 5.82 Å². The van der Waals surface area contributed by atoms with Gasteiger partial charge in [-0.05, 0) is 43.0 Å². The van der Waals surface area contributed by atoms with Crippen LogP contribution in [0.25, 0.3) is 0 Å². The van der Waals surface area contributed by atoms with E-state index in [9.17, 15) is 9.18 Å². The molecule has 2 aromatic rings. The summed E-state index contributed by atoms with van der Waals surface area (Å²) in [6.07, 6.45) is 2.23. The highest BCUT2D eigenvalue weighted by Crippen LogP contribution is 2.30. The Balaban J connectivity index is 1.65. The van der Waals surface area contributed by atoms with E-state index in [2.05, 4.69) is 5.32 Å². The Kier molecular flexibility index (Phi) is 5.11. The molecular formula is C19H20FNO3. The lowest BCUT2D eigenvalue weighted by Crippen LogP contribution is -2.39. The summed E-state index contributed by atoms with van der Waals surface area (Å²) in [6.45, 7) is 0.604. The molecule has 0 radical (unpaired) electrons. The molecule has 126 valence electrons. The molecule has 0 bridgehead atoms. The molecule has 0 heterocycles. The minimum Gasteiger partial charge on any atom is -0.453 e. The van der Waals surface area contributed by atoms with E-state index in [4.69, 9.17) is 9.47 Å². The van der Waals surface area contributed by atoms with Crippen LogP contribution in [-0.2, 0) is 4.74 Å². The molecule has 0 unspecified atom stereocenters. The fourth-order valence-electron chi connectivity index (χ4n) is 2.76. The van der Waals surface area contributed by atoms with Crippen LogP contribution in [0.5, 0.6) is 11.5 Å². The Labute approximate surface area is 140 Å². The highest BCUT2D eigenvalue weighted by Gasteiger charge is 2.29. The molecule has 2 aromatic carbocycles. The lowest BCUT2D eigenvalue weighted by Gasteiger charge is -2.34. The van der Waals surface area contributed by atoms with Gasteiger partial charge in [0.1, 0.15) is 5.75 Å². The Morgan fingerprint density at radius 3 is 2.50 bits per heavy atom. The van der Waals surface area contributed by atoms with Crippen LogP contribution in [0.2, 0.25) is 0 Å². The minimum atomic E-state index is -0.465. The summed E-state index contributed by atoms with van der Waals surface area (Å²) in [4.78, 5) is 12.4. The van der Waals surface area contributed by atoms with E-state index in [1.54, 1.807) is 43.5 Å². The van der Waals surface area contributed by atoms with E-state index >= 15 is 0 Å². The molecule has 0 atom stereocenters. The van der Waals surface area contributed by atoms with Gasteiger partial charge in [-0.25, -0.2) is 4.39 Å². The third-order valence-electron chi connectivity index (χ3n) is 4.27. The molecule has 1 amide bonds. The summed E-state index contributed by atoms with van der Waals surface area (Å²) in [5, 5.41) is 2.92. The number of hydrogen-bond donors (Lipinski definition) is 1. The van der Waals surface area contributed by atoms with Crippen LogP contribution in [0.15, 0.2) is 48.5 Å². The highest BCUT2D eigenvalue weighted by molar-refractivity contribution is 5.97. The topological polar surface area (TPSA) is 47.6 Å². The van der Waals surface area contributed by atoms with Crippen LogP contribution in [0.1, 0.15) is 23.2 Å². The van der Waals surface area contributed by atoms with Crippen LogP contribution in [-0.4, -0.2) is 25.7 Å². The van der Waals surface area contributed by atoms with Crippen LogP contribution in [0.4, 0.5) is 4.39 Å². The van der Waals surface area contributed by atoms with E-state index in [1.807, 2.05) is 0 Å². The van der Waals surface area contributed by atoms with Crippen molar-refractivity contribution in [2.75, 3.05) is 13.7 Å². The average Bonchev–Trinajstić information content (AvgIpc) is 2.56. The predicted molar refractivity (Wildman–Crippen MR) is 88.8 cm³/mol. The van der Waals surface area contributed by atoms with Gasteiger partial charge in [-0.1, -0.05) is 24.3 Å². The number of amides is 1. The fourth-order valence-corrected chi connectivity index (χ4v) is 2.76. The van der Waals surface area contributed by atoms with Gasteiger partial charge in [0.15, 0.2) is 11.6 Å². The fraction of sp³-hybridized carbons (Fsp3) is 0.316. The number of benzene rings is 2. The summed E-state index contributed by atoms with van der Waals surface area (Å²) < 4.78 is 24.6. The van der Waals surface area contributed by atoms with E-state index in [1.165, 1.54) is 12.1 Å². The molecule has 1 aliphatic rings. The zero-order valence-corrected chi connectivity index (χ0v) is 13.5. The van der Waals surface area contributed by atoms with Gasteiger partial charge in [0, 0.05) is 13.7 Å². The summed E-state index contributed by atoms with van der Waals surface area (Å²) in [5.74, 6) is 0.192. The van der Waals surface area contributed by atoms with Crippen LogP contribution < -0.4 is 10.1 Å².